The molecule has 2 atom stereocenters. The van der Waals surface area contributed by atoms with Gasteiger partial charge in [-0.05, 0) is 55.7 Å². The molecule has 180 valence electrons. The lowest BCUT2D eigenvalue weighted by molar-refractivity contribution is -0.121. The van der Waals surface area contributed by atoms with E-state index in [1.165, 1.54) is 0 Å². The number of para-hydroxylation sites is 1. The number of carbonyl (C=O) groups excluding carboxylic acids is 3. The van der Waals surface area contributed by atoms with Gasteiger partial charge in [0, 0.05) is 16.9 Å². The molecule has 0 unspecified atom stereocenters. The zero-order valence-corrected chi connectivity index (χ0v) is 20.9. The van der Waals surface area contributed by atoms with Crippen LogP contribution in [0.25, 0.3) is 0 Å². The molecule has 6 nitrogen and oxygen atoms in total. The zero-order chi connectivity index (χ0) is 25.0. The van der Waals surface area contributed by atoms with Crippen LogP contribution in [0.15, 0.2) is 78.9 Å². The lowest BCUT2D eigenvalue weighted by atomic mass is 9.96. The number of anilines is 2. The summed E-state index contributed by atoms with van der Waals surface area (Å²) in [6.45, 7) is 5.50. The number of benzene rings is 3. The minimum Gasteiger partial charge on any atom is -0.338 e. The first-order chi connectivity index (χ1) is 16.8. The highest BCUT2D eigenvalue weighted by Gasteiger charge is 2.36. The summed E-state index contributed by atoms with van der Waals surface area (Å²) >= 11 is 1.56. The Labute approximate surface area is 210 Å². The summed E-state index contributed by atoms with van der Waals surface area (Å²) in [5.41, 5.74) is 2.63. The molecular formula is C28H29N3O3S. The van der Waals surface area contributed by atoms with Crippen LogP contribution in [-0.2, 0) is 9.59 Å². The van der Waals surface area contributed by atoms with Gasteiger partial charge in [0.05, 0.1) is 5.75 Å². The van der Waals surface area contributed by atoms with E-state index >= 15 is 0 Å². The first-order valence-corrected chi connectivity index (χ1v) is 12.7. The summed E-state index contributed by atoms with van der Waals surface area (Å²) in [7, 11) is 0. The van der Waals surface area contributed by atoms with Crippen molar-refractivity contribution < 1.29 is 14.4 Å². The smallest absolute Gasteiger partial charge is 0.252 e. The largest absolute Gasteiger partial charge is 0.338 e. The van der Waals surface area contributed by atoms with Crippen LogP contribution in [0.2, 0.25) is 0 Å². The molecule has 1 saturated heterocycles. The van der Waals surface area contributed by atoms with E-state index in [0.717, 1.165) is 11.1 Å². The maximum atomic E-state index is 13.2. The highest BCUT2D eigenvalue weighted by atomic mass is 32.2. The fraction of sp³-hybridized carbons (Fsp3) is 0.250. The number of aryl methyl sites for hydroxylation is 1. The molecule has 1 heterocycles. The molecule has 1 fully saturated rings. The van der Waals surface area contributed by atoms with Gasteiger partial charge in [-0.2, -0.15) is 0 Å². The number of thioether (sulfide) groups is 1. The predicted octanol–water partition coefficient (Wildman–Crippen LogP) is 5.31. The van der Waals surface area contributed by atoms with Crippen molar-refractivity contribution in [3.8, 4) is 0 Å². The average molecular weight is 488 g/mol. The topological polar surface area (TPSA) is 78.5 Å². The average Bonchev–Trinajstić information content (AvgIpc) is 3.27. The van der Waals surface area contributed by atoms with Gasteiger partial charge in [0.15, 0.2) is 0 Å². The maximum absolute atomic E-state index is 13.2. The molecule has 0 bridgehead atoms. The van der Waals surface area contributed by atoms with E-state index in [1.54, 1.807) is 41.8 Å². The van der Waals surface area contributed by atoms with Gasteiger partial charge < -0.3 is 10.6 Å². The minimum absolute atomic E-state index is 0.00239. The van der Waals surface area contributed by atoms with Crippen molar-refractivity contribution >= 4 is 40.9 Å². The number of hydrogen-bond acceptors (Lipinski definition) is 4. The van der Waals surface area contributed by atoms with Crippen molar-refractivity contribution in [2.24, 2.45) is 0 Å². The van der Waals surface area contributed by atoms with Gasteiger partial charge in [0.2, 0.25) is 11.8 Å². The summed E-state index contributed by atoms with van der Waals surface area (Å²) < 4.78 is 0. The maximum Gasteiger partial charge on any atom is 0.252 e. The molecule has 0 radical (unpaired) electrons. The Morgan fingerprint density at radius 3 is 2.46 bits per heavy atom. The molecule has 2 N–H and O–H groups in total. The van der Waals surface area contributed by atoms with Crippen LogP contribution in [0.4, 0.5) is 11.4 Å². The first-order valence-electron chi connectivity index (χ1n) is 11.6. The zero-order valence-electron chi connectivity index (χ0n) is 20.1. The monoisotopic (exact) mass is 487 g/mol. The molecule has 7 heteroatoms. The van der Waals surface area contributed by atoms with Crippen LogP contribution in [0.3, 0.4) is 0 Å². The molecule has 3 aromatic rings. The molecule has 3 amide bonds. The fourth-order valence-corrected chi connectivity index (χ4v) is 5.14. The molecule has 0 aromatic heterocycles. The van der Waals surface area contributed by atoms with Gasteiger partial charge in [0.25, 0.3) is 5.91 Å². The Morgan fingerprint density at radius 1 is 1.03 bits per heavy atom. The Morgan fingerprint density at radius 2 is 1.74 bits per heavy atom. The number of carbonyl (C=O) groups is 3. The van der Waals surface area contributed by atoms with Crippen molar-refractivity contribution in [1.29, 1.82) is 0 Å². The van der Waals surface area contributed by atoms with Crippen molar-refractivity contribution in [1.82, 2.24) is 5.32 Å². The van der Waals surface area contributed by atoms with Crippen LogP contribution in [0, 0.1) is 6.92 Å². The van der Waals surface area contributed by atoms with Crippen LogP contribution in [0.1, 0.15) is 47.1 Å². The molecule has 1 aliphatic heterocycles. The summed E-state index contributed by atoms with van der Waals surface area (Å²) in [6.07, 6.45) is 0.410. The Bertz CT molecular complexity index is 1250. The summed E-state index contributed by atoms with van der Waals surface area (Å²) in [4.78, 5) is 40.9. The van der Waals surface area contributed by atoms with Gasteiger partial charge in [-0.1, -0.05) is 61.5 Å². The number of nitrogens with zero attached hydrogens (tertiary/aromatic N) is 1. The van der Waals surface area contributed by atoms with Crippen molar-refractivity contribution in [2.45, 2.75) is 38.1 Å². The van der Waals surface area contributed by atoms with Crippen molar-refractivity contribution in [3.63, 3.8) is 0 Å². The Hall–Kier alpha value is -3.58. The quantitative estimate of drug-likeness (QED) is 0.473. The Kier molecular flexibility index (Phi) is 7.26. The normalized spacial score (nSPS) is 17.1. The van der Waals surface area contributed by atoms with Crippen LogP contribution < -0.4 is 15.5 Å². The molecule has 0 spiro atoms. The molecular weight excluding hydrogens is 458 g/mol. The van der Waals surface area contributed by atoms with Gasteiger partial charge in [-0.25, -0.2) is 0 Å². The van der Waals surface area contributed by atoms with E-state index in [2.05, 4.69) is 10.6 Å². The molecule has 3 aromatic carbocycles. The van der Waals surface area contributed by atoms with Crippen molar-refractivity contribution in [2.75, 3.05) is 16.0 Å². The van der Waals surface area contributed by atoms with E-state index in [0.29, 0.717) is 29.1 Å². The SMILES string of the molecule is CC[C@](C)(NC(=O)c1cccc(N2C(=O)CS[C@H]2c2ccccc2)c1)C(=O)Nc1ccccc1C. The molecule has 4 rings (SSSR count). The number of hydrogen-bond donors (Lipinski definition) is 2. The van der Waals surface area contributed by atoms with Crippen molar-refractivity contribution in [3.05, 3.63) is 95.6 Å². The first kappa shape index (κ1) is 24.5. The van der Waals surface area contributed by atoms with Gasteiger partial charge in [-0.3, -0.25) is 19.3 Å². The fourth-order valence-electron chi connectivity index (χ4n) is 3.97. The highest BCUT2D eigenvalue weighted by Crippen LogP contribution is 2.41. The standard InChI is InChI=1S/C28H29N3O3S/c1-4-28(3,27(34)29-23-16-9-8-11-19(23)2)30-25(33)21-14-10-15-22(17-21)31-24(32)18-35-26(31)20-12-6-5-7-13-20/h5-17,26H,4,18H2,1-3H3,(H,29,34)(H,30,33)/t26-,28-/m0/s1. The second-order valence-corrected chi connectivity index (χ2v) is 9.87. The lowest BCUT2D eigenvalue weighted by Gasteiger charge is -2.29. The van der Waals surface area contributed by atoms with E-state index in [1.807, 2.05) is 74.5 Å². The number of amides is 3. The van der Waals surface area contributed by atoms with E-state index in [-0.39, 0.29) is 23.1 Å². The predicted molar refractivity (Wildman–Crippen MR) is 142 cm³/mol. The molecule has 1 aliphatic rings. The van der Waals surface area contributed by atoms with Gasteiger partial charge in [0.1, 0.15) is 10.9 Å². The van der Waals surface area contributed by atoms with Crippen LogP contribution in [-0.4, -0.2) is 29.0 Å². The van der Waals surface area contributed by atoms with E-state index < -0.39 is 5.54 Å². The van der Waals surface area contributed by atoms with Gasteiger partial charge >= 0.3 is 0 Å². The second kappa shape index (κ2) is 10.4. The number of rotatable bonds is 7. The van der Waals surface area contributed by atoms with Crippen LogP contribution >= 0.6 is 11.8 Å². The van der Waals surface area contributed by atoms with Crippen LogP contribution in [0.5, 0.6) is 0 Å². The molecule has 0 saturated carbocycles. The molecule has 35 heavy (non-hydrogen) atoms. The number of nitrogens with one attached hydrogen (secondary N) is 2. The summed E-state index contributed by atoms with van der Waals surface area (Å²) in [6, 6.07) is 24.4. The summed E-state index contributed by atoms with van der Waals surface area (Å²) in [5, 5.41) is 5.70. The minimum atomic E-state index is -1.11. The highest BCUT2D eigenvalue weighted by molar-refractivity contribution is 8.00. The van der Waals surface area contributed by atoms with Gasteiger partial charge in [-0.15, -0.1) is 11.8 Å². The third-order valence-electron chi connectivity index (χ3n) is 6.33. The summed E-state index contributed by atoms with van der Waals surface area (Å²) in [5.74, 6) is -0.277. The third-order valence-corrected chi connectivity index (χ3v) is 7.54. The lowest BCUT2D eigenvalue weighted by Crippen LogP contribution is -2.54. The van der Waals surface area contributed by atoms with E-state index in [4.69, 9.17) is 0 Å². The van der Waals surface area contributed by atoms with E-state index in [9.17, 15) is 14.4 Å². The Balaban J connectivity index is 1.54. The molecule has 0 aliphatic carbocycles. The third kappa shape index (κ3) is 5.25. The second-order valence-electron chi connectivity index (χ2n) is 8.80.